The number of ether oxygens (including phenoxy) is 1. The fraction of sp³-hybridized carbons (Fsp3) is 0.636. The molecule has 1 saturated heterocycles. The second-order valence-electron chi connectivity index (χ2n) is 8.44. The topological polar surface area (TPSA) is 87.7 Å². The van der Waals surface area contributed by atoms with Crippen LogP contribution in [0.15, 0.2) is 6.20 Å². The van der Waals surface area contributed by atoms with Crippen LogP contribution in [0.5, 0.6) is 0 Å². The lowest BCUT2D eigenvalue weighted by atomic mass is 10.2. The summed E-state index contributed by atoms with van der Waals surface area (Å²) in [7, 11) is 1.54. The van der Waals surface area contributed by atoms with E-state index in [1.807, 2.05) is 6.92 Å². The van der Waals surface area contributed by atoms with Crippen LogP contribution in [0, 0.1) is 18.8 Å². The van der Waals surface area contributed by atoms with E-state index in [9.17, 15) is 9.59 Å². The zero-order chi connectivity index (χ0) is 22.1. The first-order valence-electron chi connectivity index (χ1n) is 10.4. The number of nitrogens with one attached hydrogen (secondary N) is 1. The van der Waals surface area contributed by atoms with Crippen LogP contribution in [-0.4, -0.2) is 65.7 Å². The molecule has 0 saturated carbocycles. The van der Waals surface area contributed by atoms with E-state index in [-0.39, 0.29) is 12.5 Å². The summed E-state index contributed by atoms with van der Waals surface area (Å²) in [4.78, 5) is 36.2. The van der Waals surface area contributed by atoms with E-state index in [1.54, 1.807) is 34.0 Å². The van der Waals surface area contributed by atoms with Crippen molar-refractivity contribution in [1.29, 1.82) is 0 Å². The van der Waals surface area contributed by atoms with Crippen LogP contribution in [0.4, 0.5) is 10.6 Å². The largest absolute Gasteiger partial charge is 0.444 e. The second-order valence-corrected chi connectivity index (χ2v) is 8.44. The van der Waals surface area contributed by atoms with E-state index in [4.69, 9.17) is 4.74 Å². The van der Waals surface area contributed by atoms with Gasteiger partial charge in [0.1, 0.15) is 23.8 Å². The summed E-state index contributed by atoms with van der Waals surface area (Å²) in [6.07, 6.45) is 5.00. The number of hydrogen-bond donors (Lipinski definition) is 1. The van der Waals surface area contributed by atoms with E-state index < -0.39 is 11.7 Å². The summed E-state index contributed by atoms with van der Waals surface area (Å²) in [6.45, 7) is 9.73. The van der Waals surface area contributed by atoms with Crippen molar-refractivity contribution < 1.29 is 14.3 Å². The average Bonchev–Trinajstić information content (AvgIpc) is 3.18. The number of unbranched alkanes of at least 4 members (excludes halogenated alkanes) is 1. The molecule has 1 aromatic heterocycles. The lowest BCUT2D eigenvalue weighted by Crippen LogP contribution is -2.41. The Hall–Kier alpha value is -2.82. The molecule has 0 spiro atoms. The molecule has 0 atom stereocenters. The molecule has 164 valence electrons. The van der Waals surface area contributed by atoms with Gasteiger partial charge in [0.25, 0.3) is 0 Å². The minimum atomic E-state index is -0.586. The molecule has 8 nitrogen and oxygen atoms in total. The van der Waals surface area contributed by atoms with Gasteiger partial charge in [0, 0.05) is 39.3 Å². The molecule has 1 aliphatic heterocycles. The van der Waals surface area contributed by atoms with E-state index in [0.29, 0.717) is 13.0 Å². The number of anilines is 1. The van der Waals surface area contributed by atoms with Crippen molar-refractivity contribution in [2.75, 3.05) is 38.1 Å². The monoisotopic (exact) mass is 415 g/mol. The van der Waals surface area contributed by atoms with Gasteiger partial charge in [-0.1, -0.05) is 11.8 Å². The van der Waals surface area contributed by atoms with Crippen LogP contribution in [0.3, 0.4) is 0 Å². The number of hydrogen-bond acceptors (Lipinski definition) is 6. The Morgan fingerprint density at radius 1 is 1.30 bits per heavy atom. The van der Waals surface area contributed by atoms with Crippen LogP contribution >= 0.6 is 0 Å². The number of nitrogens with zero attached hydrogens (tertiary/aromatic N) is 4. The maximum absolute atomic E-state index is 12.0. The van der Waals surface area contributed by atoms with Crippen molar-refractivity contribution in [3.8, 4) is 11.8 Å². The first-order chi connectivity index (χ1) is 14.2. The van der Waals surface area contributed by atoms with Crippen molar-refractivity contribution in [3.63, 3.8) is 0 Å². The van der Waals surface area contributed by atoms with Gasteiger partial charge < -0.3 is 19.9 Å². The van der Waals surface area contributed by atoms with Gasteiger partial charge in [0.05, 0.1) is 5.56 Å². The fourth-order valence-electron chi connectivity index (χ4n) is 2.95. The predicted molar refractivity (Wildman–Crippen MR) is 116 cm³/mol. The predicted octanol–water partition coefficient (Wildman–Crippen LogP) is 2.50. The Morgan fingerprint density at radius 2 is 2.00 bits per heavy atom. The van der Waals surface area contributed by atoms with Gasteiger partial charge in [-0.05, 0) is 47.0 Å². The maximum Gasteiger partial charge on any atom is 0.410 e. The highest BCUT2D eigenvalue weighted by Gasteiger charge is 2.21. The molecule has 2 rings (SSSR count). The highest BCUT2D eigenvalue weighted by atomic mass is 16.6. The summed E-state index contributed by atoms with van der Waals surface area (Å²) in [6, 6.07) is 0. The molecule has 8 heteroatoms. The average molecular weight is 416 g/mol. The molecule has 1 N–H and O–H groups in total. The van der Waals surface area contributed by atoms with Gasteiger partial charge in [-0.25, -0.2) is 14.8 Å². The summed E-state index contributed by atoms with van der Waals surface area (Å²) in [5.74, 6) is 7.78. The highest BCUT2D eigenvalue weighted by molar-refractivity contribution is 5.82. The fourth-order valence-corrected chi connectivity index (χ4v) is 2.95. The van der Waals surface area contributed by atoms with Gasteiger partial charge >= 0.3 is 6.09 Å². The van der Waals surface area contributed by atoms with Crippen LogP contribution in [0.25, 0.3) is 0 Å². The molecule has 1 fully saturated rings. The van der Waals surface area contributed by atoms with E-state index >= 15 is 0 Å². The molecule has 0 aromatic carbocycles. The molecular formula is C22H33N5O3. The van der Waals surface area contributed by atoms with Crippen molar-refractivity contribution in [2.24, 2.45) is 0 Å². The smallest absolute Gasteiger partial charge is 0.410 e. The van der Waals surface area contributed by atoms with Gasteiger partial charge in [0.15, 0.2) is 0 Å². The number of aromatic nitrogens is 2. The van der Waals surface area contributed by atoms with Gasteiger partial charge in [-0.15, -0.1) is 0 Å². The lowest BCUT2D eigenvalue weighted by molar-refractivity contribution is -0.122. The highest BCUT2D eigenvalue weighted by Crippen LogP contribution is 2.21. The van der Waals surface area contributed by atoms with Gasteiger partial charge in [-0.3, -0.25) is 4.79 Å². The standard InChI is InChI=1S/C22H33N5O3/c1-17-24-15-18(20(25-17)27-13-9-10-14-27)11-7-6-8-12-23-19(28)16-26(5)21(29)30-22(2,3)4/h15H,6,8-10,12-14,16H2,1-5H3,(H,23,28). The van der Waals surface area contributed by atoms with Crippen molar-refractivity contribution in [3.05, 3.63) is 17.6 Å². The number of rotatable bonds is 6. The number of aryl methyl sites for hydroxylation is 1. The number of carbonyl (C=O) groups excluding carboxylic acids is 2. The summed E-state index contributed by atoms with van der Waals surface area (Å²) < 4.78 is 5.23. The van der Waals surface area contributed by atoms with E-state index in [0.717, 1.165) is 36.7 Å². The van der Waals surface area contributed by atoms with Crippen LogP contribution in [0.2, 0.25) is 0 Å². The van der Waals surface area contributed by atoms with Crippen molar-refractivity contribution in [2.45, 2.75) is 59.0 Å². The van der Waals surface area contributed by atoms with Crippen molar-refractivity contribution >= 4 is 17.8 Å². The summed E-state index contributed by atoms with van der Waals surface area (Å²) in [5, 5.41) is 2.80. The minimum absolute atomic E-state index is 0.0412. The molecule has 0 radical (unpaired) electrons. The van der Waals surface area contributed by atoms with Crippen LogP contribution < -0.4 is 10.2 Å². The third kappa shape index (κ3) is 7.90. The third-order valence-electron chi connectivity index (χ3n) is 4.40. The van der Waals surface area contributed by atoms with Gasteiger partial charge in [-0.2, -0.15) is 0 Å². The van der Waals surface area contributed by atoms with Crippen molar-refractivity contribution in [1.82, 2.24) is 20.2 Å². The Labute approximate surface area is 179 Å². The Balaban J connectivity index is 1.74. The molecule has 2 heterocycles. The Kier molecular flexibility index (Phi) is 8.46. The summed E-state index contributed by atoms with van der Waals surface area (Å²) >= 11 is 0. The molecule has 1 aliphatic rings. The molecule has 0 bridgehead atoms. The zero-order valence-electron chi connectivity index (χ0n) is 18.7. The van der Waals surface area contributed by atoms with Gasteiger partial charge in [0.2, 0.25) is 5.91 Å². The van der Waals surface area contributed by atoms with Crippen LogP contribution in [-0.2, 0) is 9.53 Å². The molecule has 0 unspecified atom stereocenters. The first kappa shape index (κ1) is 23.5. The van der Waals surface area contributed by atoms with Crippen LogP contribution in [0.1, 0.15) is 57.8 Å². The Morgan fingerprint density at radius 3 is 2.67 bits per heavy atom. The van der Waals surface area contributed by atoms with E-state index in [1.165, 1.54) is 17.7 Å². The quantitative estimate of drug-likeness (QED) is 0.567. The normalized spacial score (nSPS) is 13.4. The molecule has 0 aliphatic carbocycles. The first-order valence-corrected chi connectivity index (χ1v) is 10.4. The molecule has 1 aromatic rings. The Bertz CT molecular complexity index is 801. The number of carbonyl (C=O) groups is 2. The summed E-state index contributed by atoms with van der Waals surface area (Å²) in [5.41, 5.74) is 0.267. The molecule has 30 heavy (non-hydrogen) atoms. The molecule has 2 amide bonds. The minimum Gasteiger partial charge on any atom is -0.444 e. The number of amides is 2. The lowest BCUT2D eigenvalue weighted by Gasteiger charge is -2.24. The zero-order valence-corrected chi connectivity index (χ0v) is 18.7. The SMILES string of the molecule is Cc1ncc(C#CCCCNC(=O)CN(C)C(=O)OC(C)(C)C)c(N2CCCC2)n1. The third-order valence-corrected chi connectivity index (χ3v) is 4.40. The second kappa shape index (κ2) is 10.8. The van der Waals surface area contributed by atoms with E-state index in [2.05, 4.69) is 32.0 Å². The number of likely N-dealkylation sites (N-methyl/N-ethyl adjacent to an activating group) is 1. The maximum atomic E-state index is 12.0. The molecular weight excluding hydrogens is 382 g/mol.